The van der Waals surface area contributed by atoms with Crippen LogP contribution in [0.4, 0.5) is 0 Å². The molecule has 2 aromatic rings. The Kier molecular flexibility index (Phi) is 6.49. The van der Waals surface area contributed by atoms with Crippen LogP contribution in [0.3, 0.4) is 0 Å². The number of hydrogen-bond acceptors (Lipinski definition) is 5. The van der Waals surface area contributed by atoms with Gasteiger partial charge < -0.3 is 9.73 Å². The lowest BCUT2D eigenvalue weighted by atomic mass is 10.2. The maximum Gasteiger partial charge on any atom is 0.288 e. The molecule has 0 saturated heterocycles. The van der Waals surface area contributed by atoms with Gasteiger partial charge in [-0.05, 0) is 43.9 Å². The van der Waals surface area contributed by atoms with Gasteiger partial charge in [-0.2, -0.15) is 0 Å². The summed E-state index contributed by atoms with van der Waals surface area (Å²) in [5.41, 5.74) is 0.840. The van der Waals surface area contributed by atoms with Crippen LogP contribution in [0.25, 0.3) is 11.5 Å². The van der Waals surface area contributed by atoms with Gasteiger partial charge in [0.25, 0.3) is 4.84 Å². The third-order valence-corrected chi connectivity index (χ3v) is 3.83. The normalized spacial score (nSPS) is 11.0. The Labute approximate surface area is 148 Å². The Hall–Kier alpha value is -1.51. The molecule has 8 heteroatoms. The van der Waals surface area contributed by atoms with Crippen molar-refractivity contribution in [3.05, 3.63) is 33.6 Å². The van der Waals surface area contributed by atoms with Crippen LogP contribution in [0.15, 0.2) is 33.2 Å². The first-order valence-electron chi connectivity index (χ1n) is 7.28. The molecule has 0 aliphatic heterocycles. The summed E-state index contributed by atoms with van der Waals surface area (Å²) >= 11 is 8.62. The first kappa shape index (κ1) is 17.8. The highest BCUT2D eigenvalue weighted by atomic mass is 79.9. The number of amides is 1. The van der Waals surface area contributed by atoms with E-state index in [-0.39, 0.29) is 17.3 Å². The van der Waals surface area contributed by atoms with E-state index in [1.807, 2.05) is 43.1 Å². The Bertz CT molecular complexity index is 728. The van der Waals surface area contributed by atoms with Crippen LogP contribution < -0.4 is 5.32 Å². The lowest BCUT2D eigenvalue weighted by Crippen LogP contribution is -2.36. The second kappa shape index (κ2) is 8.37. The number of benzene rings is 1. The summed E-state index contributed by atoms with van der Waals surface area (Å²) in [7, 11) is 1.83. The average molecular weight is 399 g/mol. The largest absolute Gasteiger partial charge is 0.409 e. The Morgan fingerprint density at radius 2 is 2.30 bits per heavy atom. The average Bonchev–Trinajstić information content (AvgIpc) is 2.86. The van der Waals surface area contributed by atoms with Gasteiger partial charge in [0.2, 0.25) is 11.8 Å². The summed E-state index contributed by atoms with van der Waals surface area (Å²) in [4.78, 5) is 13.8. The molecule has 0 radical (unpaired) electrons. The minimum atomic E-state index is -0.0171. The summed E-state index contributed by atoms with van der Waals surface area (Å²) in [5, 5.41) is 7.22. The molecule has 0 bridgehead atoms. The summed E-state index contributed by atoms with van der Waals surface area (Å²) in [6, 6.07) is 7.64. The van der Waals surface area contributed by atoms with Crippen molar-refractivity contribution in [1.82, 2.24) is 20.0 Å². The molecule has 6 nitrogen and oxygen atoms in total. The Morgan fingerprint density at radius 1 is 1.52 bits per heavy atom. The van der Waals surface area contributed by atoms with Crippen LogP contribution in [-0.4, -0.2) is 40.7 Å². The number of likely N-dealkylation sites (N-methyl/N-ethyl adjacent to an activating group) is 1. The van der Waals surface area contributed by atoms with E-state index in [1.165, 1.54) is 0 Å². The highest BCUT2D eigenvalue weighted by Crippen LogP contribution is 2.21. The first-order chi connectivity index (χ1) is 11.0. The molecule has 1 amide bonds. The summed E-state index contributed by atoms with van der Waals surface area (Å²) in [6.45, 7) is 3.36. The fraction of sp³-hybridized carbons (Fsp3) is 0.400. The maximum absolute atomic E-state index is 11.7. The van der Waals surface area contributed by atoms with Crippen molar-refractivity contribution < 1.29 is 9.21 Å². The van der Waals surface area contributed by atoms with Crippen molar-refractivity contribution in [3.63, 3.8) is 0 Å². The van der Waals surface area contributed by atoms with Gasteiger partial charge in [0.1, 0.15) is 0 Å². The standard InChI is InChI=1S/C15H19BrN4O2S/c1-3-7-17-13(21)9-19(2)10-20-15(23)22-14(18-20)11-5-4-6-12(16)8-11/h4-6,8H,3,7,9-10H2,1-2H3,(H,17,21). The third-order valence-electron chi connectivity index (χ3n) is 3.04. The first-order valence-corrected chi connectivity index (χ1v) is 8.49. The number of carbonyl (C=O) groups excluding carboxylic acids is 1. The molecule has 0 aliphatic rings. The zero-order chi connectivity index (χ0) is 16.8. The SMILES string of the molecule is CCCNC(=O)CN(C)Cn1nc(-c2cccc(Br)c2)oc1=S. The maximum atomic E-state index is 11.7. The van der Waals surface area contributed by atoms with E-state index in [0.717, 1.165) is 16.5 Å². The van der Waals surface area contributed by atoms with Crippen LogP contribution in [0.1, 0.15) is 13.3 Å². The van der Waals surface area contributed by atoms with E-state index in [9.17, 15) is 4.79 Å². The molecule has 0 aliphatic carbocycles. The van der Waals surface area contributed by atoms with Crippen molar-refractivity contribution in [3.8, 4) is 11.5 Å². The number of hydrogen-bond donors (Lipinski definition) is 1. The predicted molar refractivity (Wildman–Crippen MR) is 94.4 cm³/mol. The van der Waals surface area contributed by atoms with Gasteiger partial charge in [-0.25, -0.2) is 4.68 Å². The van der Waals surface area contributed by atoms with Gasteiger partial charge in [0.15, 0.2) is 0 Å². The Morgan fingerprint density at radius 3 is 3.00 bits per heavy atom. The van der Waals surface area contributed by atoms with E-state index in [1.54, 1.807) is 4.68 Å². The van der Waals surface area contributed by atoms with Crippen molar-refractivity contribution in [2.75, 3.05) is 20.1 Å². The quantitative estimate of drug-likeness (QED) is 0.726. The number of nitrogens with one attached hydrogen (secondary N) is 1. The molecule has 0 fully saturated rings. The number of carbonyl (C=O) groups is 1. The van der Waals surface area contributed by atoms with E-state index in [4.69, 9.17) is 16.6 Å². The zero-order valence-electron chi connectivity index (χ0n) is 13.1. The van der Waals surface area contributed by atoms with E-state index < -0.39 is 0 Å². The van der Waals surface area contributed by atoms with Crippen molar-refractivity contribution >= 4 is 34.1 Å². The highest BCUT2D eigenvalue weighted by molar-refractivity contribution is 9.10. The molecule has 1 aromatic heterocycles. The summed E-state index contributed by atoms with van der Waals surface area (Å²) in [6.07, 6.45) is 0.916. The van der Waals surface area contributed by atoms with Gasteiger partial charge in [-0.1, -0.05) is 28.9 Å². The van der Waals surface area contributed by atoms with Gasteiger partial charge in [-0.3, -0.25) is 9.69 Å². The van der Waals surface area contributed by atoms with Gasteiger partial charge in [-0.15, -0.1) is 5.10 Å². The molecule has 0 unspecified atom stereocenters. The van der Waals surface area contributed by atoms with Crippen molar-refractivity contribution in [2.45, 2.75) is 20.0 Å². The van der Waals surface area contributed by atoms with Crippen LogP contribution in [-0.2, 0) is 11.5 Å². The zero-order valence-corrected chi connectivity index (χ0v) is 15.5. The number of aromatic nitrogens is 2. The molecule has 124 valence electrons. The third kappa shape index (κ3) is 5.26. The second-order valence-electron chi connectivity index (χ2n) is 5.19. The molecule has 0 spiro atoms. The smallest absolute Gasteiger partial charge is 0.288 e. The van der Waals surface area contributed by atoms with Crippen molar-refractivity contribution in [1.29, 1.82) is 0 Å². The monoisotopic (exact) mass is 398 g/mol. The lowest BCUT2D eigenvalue weighted by molar-refractivity contribution is -0.122. The van der Waals surface area contributed by atoms with Gasteiger partial charge in [0, 0.05) is 16.6 Å². The summed E-state index contributed by atoms with van der Waals surface area (Å²) < 4.78 is 8.05. The van der Waals surface area contributed by atoms with Crippen LogP contribution in [0, 0.1) is 4.84 Å². The fourth-order valence-electron chi connectivity index (χ4n) is 1.98. The van der Waals surface area contributed by atoms with E-state index in [2.05, 4.69) is 26.3 Å². The van der Waals surface area contributed by atoms with E-state index in [0.29, 0.717) is 19.1 Å². The fourth-order valence-corrected chi connectivity index (χ4v) is 2.55. The molecule has 2 rings (SSSR count). The van der Waals surface area contributed by atoms with Crippen LogP contribution in [0.2, 0.25) is 0 Å². The summed E-state index contributed by atoms with van der Waals surface area (Å²) in [5.74, 6) is 0.441. The number of nitrogens with zero attached hydrogens (tertiary/aromatic N) is 3. The van der Waals surface area contributed by atoms with Gasteiger partial charge in [0.05, 0.1) is 13.2 Å². The highest BCUT2D eigenvalue weighted by Gasteiger charge is 2.12. The second-order valence-corrected chi connectivity index (χ2v) is 6.45. The van der Waals surface area contributed by atoms with Gasteiger partial charge >= 0.3 is 0 Å². The molecule has 1 N–H and O–H groups in total. The topological polar surface area (TPSA) is 63.3 Å². The van der Waals surface area contributed by atoms with E-state index >= 15 is 0 Å². The van der Waals surface area contributed by atoms with Crippen LogP contribution in [0.5, 0.6) is 0 Å². The molecule has 1 aromatic carbocycles. The molecule has 0 saturated carbocycles. The lowest BCUT2D eigenvalue weighted by Gasteiger charge is -2.15. The number of halogens is 1. The Balaban J connectivity index is 2.04. The van der Waals surface area contributed by atoms with Crippen LogP contribution >= 0.6 is 28.1 Å². The minimum absolute atomic E-state index is 0.0171. The molecular weight excluding hydrogens is 380 g/mol. The molecular formula is C15H19BrN4O2S. The molecule has 1 heterocycles. The number of rotatable bonds is 7. The van der Waals surface area contributed by atoms with Crippen molar-refractivity contribution in [2.24, 2.45) is 0 Å². The molecule has 0 atom stereocenters. The predicted octanol–water partition coefficient (Wildman–Crippen LogP) is 3.05. The minimum Gasteiger partial charge on any atom is -0.409 e. The molecule has 23 heavy (non-hydrogen) atoms.